The van der Waals surface area contributed by atoms with E-state index >= 15 is 0 Å². The Kier molecular flexibility index (Phi) is 5.56. The Bertz CT molecular complexity index is 775. The molecule has 0 heterocycles. The SMILES string of the molecule is CC(Oc1c(F)c(F)cc(F)c1F)C(=O)Nc1cc(Cl)ccc1Cl. The Morgan fingerprint density at radius 1 is 1.08 bits per heavy atom. The number of amides is 1. The van der Waals surface area contributed by atoms with Gasteiger partial charge in [-0.15, -0.1) is 0 Å². The second-order valence-electron chi connectivity index (χ2n) is 4.67. The predicted molar refractivity (Wildman–Crippen MR) is 81.5 cm³/mol. The van der Waals surface area contributed by atoms with Gasteiger partial charge in [0.15, 0.2) is 23.5 Å². The second kappa shape index (κ2) is 7.27. The number of hydrogen-bond donors (Lipinski definition) is 1. The van der Waals surface area contributed by atoms with E-state index < -0.39 is 41.0 Å². The van der Waals surface area contributed by atoms with E-state index in [2.05, 4.69) is 5.32 Å². The zero-order chi connectivity index (χ0) is 18.0. The Morgan fingerprint density at radius 3 is 2.25 bits per heavy atom. The van der Waals surface area contributed by atoms with Crippen molar-refractivity contribution in [3.8, 4) is 5.75 Å². The zero-order valence-corrected chi connectivity index (χ0v) is 13.5. The number of hydrogen-bond acceptors (Lipinski definition) is 2. The van der Waals surface area contributed by atoms with Gasteiger partial charge < -0.3 is 10.1 Å². The van der Waals surface area contributed by atoms with Crippen LogP contribution in [0, 0.1) is 23.3 Å². The molecule has 1 amide bonds. The van der Waals surface area contributed by atoms with Crippen LogP contribution in [0.4, 0.5) is 23.2 Å². The minimum Gasteiger partial charge on any atom is -0.475 e. The third-order valence-electron chi connectivity index (χ3n) is 2.92. The van der Waals surface area contributed by atoms with Gasteiger partial charge in [-0.1, -0.05) is 23.2 Å². The molecule has 3 nitrogen and oxygen atoms in total. The molecule has 128 valence electrons. The lowest BCUT2D eigenvalue weighted by Crippen LogP contribution is -2.31. The minimum absolute atomic E-state index is 0.0357. The largest absolute Gasteiger partial charge is 0.475 e. The predicted octanol–water partition coefficient (Wildman–Crippen LogP) is 4.96. The van der Waals surface area contributed by atoms with Crippen molar-refractivity contribution in [2.45, 2.75) is 13.0 Å². The lowest BCUT2D eigenvalue weighted by Gasteiger charge is -2.16. The molecule has 2 aromatic rings. The Morgan fingerprint density at radius 2 is 1.67 bits per heavy atom. The Balaban J connectivity index is 2.20. The highest BCUT2D eigenvalue weighted by Crippen LogP contribution is 2.28. The lowest BCUT2D eigenvalue weighted by molar-refractivity contribution is -0.122. The molecule has 24 heavy (non-hydrogen) atoms. The molecule has 2 aromatic carbocycles. The molecular formula is C15H9Cl2F4NO2. The molecule has 2 rings (SSSR count). The van der Waals surface area contributed by atoms with E-state index in [9.17, 15) is 22.4 Å². The minimum atomic E-state index is -1.74. The van der Waals surface area contributed by atoms with Gasteiger partial charge in [0.25, 0.3) is 5.91 Å². The molecule has 0 saturated heterocycles. The first kappa shape index (κ1) is 18.4. The van der Waals surface area contributed by atoms with Crippen molar-refractivity contribution in [2.24, 2.45) is 0 Å². The summed E-state index contributed by atoms with van der Waals surface area (Å²) in [6.07, 6.45) is -1.48. The van der Waals surface area contributed by atoms with Crippen molar-refractivity contribution in [2.75, 3.05) is 5.32 Å². The molecule has 1 unspecified atom stereocenters. The van der Waals surface area contributed by atoms with Gasteiger partial charge >= 0.3 is 0 Å². The van der Waals surface area contributed by atoms with Crippen LogP contribution in [0.2, 0.25) is 10.0 Å². The molecule has 0 aromatic heterocycles. The number of halogens is 6. The van der Waals surface area contributed by atoms with Gasteiger partial charge in [-0.2, -0.15) is 8.78 Å². The van der Waals surface area contributed by atoms with E-state index in [1.54, 1.807) is 0 Å². The summed E-state index contributed by atoms with van der Waals surface area (Å²) in [5.74, 6) is -8.96. The van der Waals surface area contributed by atoms with Crippen molar-refractivity contribution in [3.63, 3.8) is 0 Å². The summed E-state index contributed by atoms with van der Waals surface area (Å²) in [4.78, 5) is 12.0. The van der Waals surface area contributed by atoms with Gasteiger partial charge in [0.05, 0.1) is 10.7 Å². The third-order valence-corrected chi connectivity index (χ3v) is 3.49. The molecular weight excluding hydrogens is 373 g/mol. The molecule has 0 saturated carbocycles. The highest BCUT2D eigenvalue weighted by Gasteiger charge is 2.25. The first-order chi connectivity index (χ1) is 11.2. The molecule has 0 bridgehead atoms. The zero-order valence-electron chi connectivity index (χ0n) is 12.0. The highest BCUT2D eigenvalue weighted by molar-refractivity contribution is 6.35. The number of ether oxygens (including phenoxy) is 1. The van der Waals surface area contributed by atoms with E-state index in [-0.39, 0.29) is 21.8 Å². The van der Waals surface area contributed by atoms with Crippen molar-refractivity contribution < 1.29 is 27.1 Å². The molecule has 0 spiro atoms. The van der Waals surface area contributed by atoms with E-state index in [1.165, 1.54) is 18.2 Å². The van der Waals surface area contributed by atoms with Crippen LogP contribution >= 0.6 is 23.2 Å². The van der Waals surface area contributed by atoms with Crippen LogP contribution in [0.25, 0.3) is 0 Å². The first-order valence-corrected chi connectivity index (χ1v) is 7.22. The maximum Gasteiger partial charge on any atom is 0.265 e. The summed E-state index contributed by atoms with van der Waals surface area (Å²) < 4.78 is 58.0. The van der Waals surface area contributed by atoms with Crippen molar-refractivity contribution in [1.29, 1.82) is 0 Å². The van der Waals surface area contributed by atoms with Gasteiger partial charge in [0, 0.05) is 11.1 Å². The molecule has 0 aliphatic carbocycles. The van der Waals surface area contributed by atoms with Crippen LogP contribution in [0.15, 0.2) is 24.3 Å². The van der Waals surface area contributed by atoms with Crippen LogP contribution in [0.1, 0.15) is 6.92 Å². The fourth-order valence-electron chi connectivity index (χ4n) is 1.71. The van der Waals surface area contributed by atoms with E-state index in [4.69, 9.17) is 27.9 Å². The number of carbonyl (C=O) groups is 1. The standard InChI is InChI=1S/C15H9Cl2F4NO2/c1-6(15(23)22-11-4-7(16)2-3-8(11)17)24-14-12(20)9(18)5-10(19)13(14)21/h2-6H,1H3,(H,22,23). The van der Waals surface area contributed by atoms with Gasteiger partial charge in [0.1, 0.15) is 0 Å². The lowest BCUT2D eigenvalue weighted by atomic mass is 10.2. The smallest absolute Gasteiger partial charge is 0.265 e. The van der Waals surface area contributed by atoms with Crippen LogP contribution in [0.5, 0.6) is 5.75 Å². The molecule has 1 atom stereocenters. The summed E-state index contributed by atoms with van der Waals surface area (Å²) in [5.41, 5.74) is 0.135. The van der Waals surface area contributed by atoms with Crippen LogP contribution in [0.3, 0.4) is 0 Å². The maximum atomic E-state index is 13.5. The number of rotatable bonds is 4. The van der Waals surface area contributed by atoms with Crippen LogP contribution < -0.4 is 10.1 Å². The molecule has 0 fully saturated rings. The number of anilines is 1. The Labute approximate surface area is 144 Å². The van der Waals surface area contributed by atoms with Crippen molar-refractivity contribution in [1.82, 2.24) is 0 Å². The average molecular weight is 382 g/mol. The van der Waals surface area contributed by atoms with Crippen LogP contribution in [-0.2, 0) is 4.79 Å². The average Bonchev–Trinajstić information content (AvgIpc) is 2.52. The first-order valence-electron chi connectivity index (χ1n) is 6.46. The molecule has 0 aliphatic heterocycles. The summed E-state index contributed by atoms with van der Waals surface area (Å²) in [6.45, 7) is 1.13. The van der Waals surface area contributed by atoms with Gasteiger partial charge in [-0.3, -0.25) is 4.79 Å². The fourth-order valence-corrected chi connectivity index (χ4v) is 2.05. The highest BCUT2D eigenvalue weighted by atomic mass is 35.5. The summed E-state index contributed by atoms with van der Waals surface area (Å²) in [5, 5.41) is 2.77. The van der Waals surface area contributed by atoms with Crippen LogP contribution in [-0.4, -0.2) is 12.0 Å². The maximum absolute atomic E-state index is 13.5. The number of nitrogens with one attached hydrogen (secondary N) is 1. The van der Waals surface area contributed by atoms with Crippen molar-refractivity contribution in [3.05, 3.63) is 57.6 Å². The van der Waals surface area contributed by atoms with Gasteiger partial charge in [0.2, 0.25) is 11.6 Å². The van der Waals surface area contributed by atoms with E-state index in [0.29, 0.717) is 0 Å². The summed E-state index contributed by atoms with van der Waals surface area (Å²) in [6, 6.07) is 4.29. The molecule has 0 radical (unpaired) electrons. The quantitative estimate of drug-likeness (QED) is 0.600. The summed E-state index contributed by atoms with van der Waals surface area (Å²) in [7, 11) is 0. The van der Waals surface area contributed by atoms with E-state index in [0.717, 1.165) is 6.92 Å². The fraction of sp³-hybridized carbons (Fsp3) is 0.133. The Hall–Kier alpha value is -1.99. The normalized spacial score (nSPS) is 12.0. The number of carbonyl (C=O) groups excluding carboxylic acids is 1. The molecule has 0 aliphatic rings. The van der Waals surface area contributed by atoms with Crippen molar-refractivity contribution >= 4 is 34.8 Å². The molecule has 9 heteroatoms. The summed E-state index contributed by atoms with van der Waals surface area (Å²) >= 11 is 11.6. The van der Waals surface area contributed by atoms with E-state index in [1.807, 2.05) is 0 Å². The topological polar surface area (TPSA) is 38.3 Å². The van der Waals surface area contributed by atoms with Gasteiger partial charge in [-0.05, 0) is 25.1 Å². The molecule has 1 N–H and O–H groups in total. The van der Waals surface area contributed by atoms with Gasteiger partial charge in [-0.25, -0.2) is 8.78 Å². The monoisotopic (exact) mass is 381 g/mol. The third kappa shape index (κ3) is 3.91. The second-order valence-corrected chi connectivity index (χ2v) is 5.51. The number of benzene rings is 2.